The van der Waals surface area contributed by atoms with Crippen LogP contribution in [0.2, 0.25) is 0 Å². The summed E-state index contributed by atoms with van der Waals surface area (Å²) in [5.74, 6) is 0.733. The summed E-state index contributed by atoms with van der Waals surface area (Å²) in [5, 5.41) is 4.31. The second kappa shape index (κ2) is 8.30. The molecule has 0 amide bonds. The maximum absolute atomic E-state index is 6.71. The summed E-state index contributed by atoms with van der Waals surface area (Å²) >= 11 is 0. The van der Waals surface area contributed by atoms with Crippen LogP contribution in [0.4, 0.5) is 0 Å². The van der Waals surface area contributed by atoms with Crippen molar-refractivity contribution < 1.29 is 19.2 Å². The molecule has 1 unspecified atom stereocenters. The van der Waals surface area contributed by atoms with E-state index in [1.807, 2.05) is 58.9 Å². The molecule has 5 heteroatoms. The van der Waals surface area contributed by atoms with Gasteiger partial charge in [-0.3, -0.25) is 0 Å². The first-order chi connectivity index (χ1) is 9.92. The molecule has 0 aliphatic heterocycles. The van der Waals surface area contributed by atoms with Crippen LogP contribution in [0.1, 0.15) is 34.6 Å². The molecule has 0 radical (unpaired) electrons. The molecular weight excluding hydrogens is 255 g/mol. The molecule has 0 aliphatic carbocycles. The van der Waals surface area contributed by atoms with Crippen molar-refractivity contribution in [2.75, 3.05) is 6.61 Å². The molecule has 1 atom stereocenters. The highest BCUT2D eigenvalue weighted by molar-refractivity contribution is 6.61. The first-order valence-electron chi connectivity index (χ1n) is 7.48. The molecule has 1 aromatic carbocycles. The Hall–Kier alpha value is -1.04. The zero-order chi connectivity index (χ0) is 15.8. The van der Waals surface area contributed by atoms with E-state index in [2.05, 4.69) is 5.11 Å². The molecule has 1 aromatic rings. The number of aliphatic hydroxyl groups excluding tert-OH is 1. The molecule has 0 saturated carbocycles. The van der Waals surface area contributed by atoms with Crippen LogP contribution in [0.3, 0.4) is 0 Å². The van der Waals surface area contributed by atoms with E-state index < -0.39 is 0 Å². The SMILES string of the molecule is [2H]OCC(C)Oc1ccc(B(OC(C)C)OC(C)C)cc1. The minimum Gasteiger partial charge on any atom is -0.488 e. The molecule has 0 aromatic heterocycles. The quantitative estimate of drug-likeness (QED) is 0.703. The Morgan fingerprint density at radius 3 is 2.05 bits per heavy atom. The maximum atomic E-state index is 6.71. The van der Waals surface area contributed by atoms with E-state index >= 15 is 0 Å². The summed E-state index contributed by atoms with van der Waals surface area (Å²) in [6.07, 6.45) is 0.000721. The van der Waals surface area contributed by atoms with E-state index in [1.165, 1.54) is 0 Å². The van der Waals surface area contributed by atoms with Crippen molar-refractivity contribution in [1.82, 2.24) is 0 Å². The van der Waals surface area contributed by atoms with Crippen LogP contribution in [0.5, 0.6) is 5.75 Å². The number of hydrogen-bond donors (Lipinski definition) is 1. The summed E-state index contributed by atoms with van der Waals surface area (Å²) in [5.41, 5.74) is 0.953. The number of benzene rings is 1. The van der Waals surface area contributed by atoms with Gasteiger partial charge in [-0.05, 0) is 52.2 Å². The first kappa shape index (κ1) is 15.4. The Balaban J connectivity index is 2.72. The van der Waals surface area contributed by atoms with Gasteiger partial charge in [0.15, 0.2) is 0 Å². The van der Waals surface area contributed by atoms with Crippen LogP contribution in [-0.4, -0.2) is 38.6 Å². The van der Waals surface area contributed by atoms with Crippen molar-refractivity contribution in [1.29, 1.82) is 1.43 Å². The third kappa shape index (κ3) is 5.95. The van der Waals surface area contributed by atoms with Gasteiger partial charge in [0, 0.05) is 12.2 Å². The van der Waals surface area contributed by atoms with Crippen molar-refractivity contribution in [3.8, 4) is 5.75 Å². The molecule has 4 nitrogen and oxygen atoms in total. The molecule has 0 spiro atoms. The van der Waals surface area contributed by atoms with E-state index in [1.54, 1.807) is 0 Å². The van der Waals surface area contributed by atoms with Crippen LogP contribution in [-0.2, 0) is 9.31 Å². The summed E-state index contributed by atoms with van der Waals surface area (Å²) in [4.78, 5) is 0. The third-order valence-corrected chi connectivity index (χ3v) is 2.52. The summed E-state index contributed by atoms with van der Waals surface area (Å²) in [6.45, 7) is 10.0. The van der Waals surface area contributed by atoms with Gasteiger partial charge in [0.1, 0.15) is 11.9 Å². The molecule has 0 bridgehead atoms. The second-order valence-corrected chi connectivity index (χ2v) is 5.37. The standard InChI is InChI=1S/C15H25BO4/c1-11(2)19-16(20-12(3)4)14-6-8-15(9-7-14)18-13(5)10-17/h6-9,11-13,17H,10H2,1-5H3/i17D. The minimum absolute atomic E-state index is 0.0823. The Morgan fingerprint density at radius 1 is 1.05 bits per heavy atom. The van der Waals surface area contributed by atoms with Crippen molar-refractivity contribution in [2.24, 2.45) is 0 Å². The molecule has 0 aliphatic rings. The number of hydrogen-bond acceptors (Lipinski definition) is 4. The molecule has 1 rings (SSSR count). The number of ether oxygens (including phenoxy) is 1. The van der Waals surface area contributed by atoms with Crippen molar-refractivity contribution in [2.45, 2.75) is 52.9 Å². The molecule has 0 fully saturated rings. The second-order valence-electron chi connectivity index (χ2n) is 5.37. The van der Waals surface area contributed by atoms with Crippen molar-refractivity contribution >= 4 is 12.6 Å². The van der Waals surface area contributed by atoms with Crippen LogP contribution in [0.15, 0.2) is 24.3 Å². The average molecular weight is 281 g/mol. The first-order valence-corrected chi connectivity index (χ1v) is 7.08. The van der Waals surface area contributed by atoms with Gasteiger partial charge in [-0.15, -0.1) is 0 Å². The van der Waals surface area contributed by atoms with E-state index in [4.69, 9.17) is 15.5 Å². The smallest absolute Gasteiger partial charge is 0.488 e. The van der Waals surface area contributed by atoms with Crippen LogP contribution in [0.25, 0.3) is 0 Å². The highest BCUT2D eigenvalue weighted by Gasteiger charge is 2.24. The van der Waals surface area contributed by atoms with Gasteiger partial charge in [0.25, 0.3) is 0 Å². The molecule has 0 saturated heterocycles. The molecule has 112 valence electrons. The Labute approximate surface area is 123 Å². The lowest BCUT2D eigenvalue weighted by Gasteiger charge is -2.20. The van der Waals surface area contributed by atoms with Crippen molar-refractivity contribution in [3.63, 3.8) is 0 Å². The van der Waals surface area contributed by atoms with E-state index in [-0.39, 0.29) is 32.0 Å². The van der Waals surface area contributed by atoms with Gasteiger partial charge in [0.05, 0.1) is 6.61 Å². The summed E-state index contributed by atoms with van der Waals surface area (Å²) in [7, 11) is -0.381. The molecule has 20 heavy (non-hydrogen) atoms. The normalized spacial score (nSPS) is 13.4. The summed E-state index contributed by atoms with van der Waals surface area (Å²) in [6, 6.07) is 7.60. The predicted molar refractivity (Wildman–Crippen MR) is 81.4 cm³/mol. The number of aliphatic hydroxyl groups is 1. The number of rotatable bonds is 9. The zero-order valence-electron chi connectivity index (χ0n) is 14.0. The highest BCUT2D eigenvalue weighted by atomic mass is 16.6. The Bertz CT molecular complexity index is 387. The Morgan fingerprint density at radius 2 is 1.60 bits per heavy atom. The van der Waals surface area contributed by atoms with Crippen molar-refractivity contribution in [3.05, 3.63) is 24.3 Å². The van der Waals surface area contributed by atoms with Gasteiger partial charge >= 0.3 is 7.12 Å². The fourth-order valence-electron chi connectivity index (χ4n) is 1.65. The van der Waals surface area contributed by atoms with Gasteiger partial charge in [-0.2, -0.15) is 0 Å². The van der Waals surface area contributed by atoms with E-state index in [0.717, 1.165) is 11.2 Å². The minimum atomic E-state index is -0.381. The topological polar surface area (TPSA) is 47.9 Å². The van der Waals surface area contributed by atoms with Gasteiger partial charge in [-0.1, -0.05) is 12.1 Å². The van der Waals surface area contributed by atoms with Crippen LogP contribution in [0, 0.1) is 0 Å². The van der Waals surface area contributed by atoms with Gasteiger partial charge < -0.3 is 19.2 Å². The lowest BCUT2D eigenvalue weighted by Crippen LogP contribution is -2.40. The predicted octanol–water partition coefficient (Wildman–Crippen LogP) is 1.99. The third-order valence-electron chi connectivity index (χ3n) is 2.52. The zero-order valence-corrected chi connectivity index (χ0v) is 13.0. The Kier molecular flexibility index (Phi) is 6.37. The van der Waals surface area contributed by atoms with Gasteiger partial charge in [0.2, 0.25) is 1.43 Å². The largest absolute Gasteiger partial charge is 0.494 e. The molecule has 0 heterocycles. The molecular formula is C15H25BO4. The maximum Gasteiger partial charge on any atom is 0.494 e. The monoisotopic (exact) mass is 281 g/mol. The lowest BCUT2D eigenvalue weighted by molar-refractivity contribution is 0.129. The van der Waals surface area contributed by atoms with Crippen LogP contribution >= 0.6 is 0 Å². The average Bonchev–Trinajstić information content (AvgIpc) is 2.38. The van der Waals surface area contributed by atoms with E-state index in [9.17, 15) is 0 Å². The van der Waals surface area contributed by atoms with Crippen LogP contribution < -0.4 is 10.2 Å². The fourth-order valence-corrected chi connectivity index (χ4v) is 1.65. The van der Waals surface area contributed by atoms with Gasteiger partial charge in [-0.25, -0.2) is 0 Å². The summed E-state index contributed by atoms with van der Waals surface area (Å²) < 4.78 is 23.9. The van der Waals surface area contributed by atoms with E-state index in [0.29, 0.717) is 0 Å². The lowest BCUT2D eigenvalue weighted by atomic mass is 9.78. The highest BCUT2D eigenvalue weighted by Crippen LogP contribution is 2.11. The fraction of sp³-hybridized carbons (Fsp3) is 0.600. The molecule has 1 N–H and O–H groups in total.